The van der Waals surface area contributed by atoms with Gasteiger partial charge in [0, 0.05) is 38.1 Å². The summed E-state index contributed by atoms with van der Waals surface area (Å²) in [5, 5.41) is 2.85. The lowest BCUT2D eigenvalue weighted by Gasteiger charge is -2.17. The minimum atomic E-state index is -3.57. The molecule has 6 nitrogen and oxygen atoms in total. The van der Waals surface area contributed by atoms with Crippen LogP contribution in [0.5, 0.6) is 0 Å². The molecule has 29 heavy (non-hydrogen) atoms. The maximum absolute atomic E-state index is 12.7. The molecule has 0 saturated heterocycles. The Morgan fingerprint density at radius 2 is 1.55 bits per heavy atom. The zero-order valence-corrected chi connectivity index (χ0v) is 17.2. The third kappa shape index (κ3) is 5.28. The Labute approximate surface area is 171 Å². The van der Waals surface area contributed by atoms with Gasteiger partial charge in [-0.15, -0.1) is 0 Å². The molecule has 0 spiro atoms. The third-order valence-electron chi connectivity index (χ3n) is 4.55. The van der Waals surface area contributed by atoms with Crippen LogP contribution in [0.1, 0.15) is 27.0 Å². The molecule has 3 rings (SSSR count). The van der Waals surface area contributed by atoms with Crippen LogP contribution in [0.2, 0.25) is 0 Å². The van der Waals surface area contributed by atoms with Gasteiger partial charge in [-0.25, -0.2) is 8.42 Å². The summed E-state index contributed by atoms with van der Waals surface area (Å²) < 4.78 is 26.7. The highest BCUT2D eigenvalue weighted by Crippen LogP contribution is 2.17. The monoisotopic (exact) mass is 409 g/mol. The lowest BCUT2D eigenvalue weighted by atomic mass is 10.1. The number of aromatic nitrogens is 1. The van der Waals surface area contributed by atoms with Crippen molar-refractivity contribution in [3.05, 3.63) is 95.3 Å². The number of nitrogens with one attached hydrogen (secondary N) is 1. The maximum Gasteiger partial charge on any atom is 0.251 e. The van der Waals surface area contributed by atoms with E-state index in [0.717, 1.165) is 16.7 Å². The lowest BCUT2D eigenvalue weighted by molar-refractivity contribution is 0.0951. The van der Waals surface area contributed by atoms with Crippen LogP contribution < -0.4 is 5.32 Å². The Hall–Kier alpha value is -3.03. The smallest absolute Gasteiger partial charge is 0.251 e. The van der Waals surface area contributed by atoms with Crippen molar-refractivity contribution in [2.24, 2.45) is 0 Å². The van der Waals surface area contributed by atoms with Crippen LogP contribution in [0.15, 0.2) is 78.0 Å². The summed E-state index contributed by atoms with van der Waals surface area (Å²) in [4.78, 5) is 16.5. The van der Waals surface area contributed by atoms with E-state index in [9.17, 15) is 13.2 Å². The van der Waals surface area contributed by atoms with Gasteiger partial charge in [-0.2, -0.15) is 4.31 Å². The molecule has 0 fully saturated rings. The Kier molecular flexibility index (Phi) is 6.41. The molecular formula is C22H23N3O3S. The van der Waals surface area contributed by atoms with Crippen LogP contribution in [-0.4, -0.2) is 30.7 Å². The van der Waals surface area contributed by atoms with Gasteiger partial charge in [0.25, 0.3) is 5.91 Å². The SMILES string of the molecule is Cc1ccc(S(=O)(=O)N(C)Cc2ccc(C(=O)NCc3ccncc3)cc2)cc1. The standard InChI is InChI=1S/C22H23N3O3S/c1-17-3-9-21(10-4-17)29(27,28)25(2)16-19-5-7-20(8-6-19)22(26)24-15-18-11-13-23-14-12-18/h3-14H,15-16H2,1-2H3,(H,24,26). The van der Waals surface area contributed by atoms with Crippen LogP contribution in [0.25, 0.3) is 0 Å². The molecule has 0 saturated carbocycles. The minimum absolute atomic E-state index is 0.186. The van der Waals surface area contributed by atoms with E-state index in [2.05, 4.69) is 10.3 Å². The molecule has 0 aliphatic heterocycles. The van der Waals surface area contributed by atoms with E-state index in [1.807, 2.05) is 19.1 Å². The summed E-state index contributed by atoms with van der Waals surface area (Å²) in [5.41, 5.74) is 3.29. The molecule has 1 aromatic heterocycles. The summed E-state index contributed by atoms with van der Waals surface area (Å²) in [6.07, 6.45) is 3.36. The molecule has 0 aliphatic carbocycles. The first-order valence-corrected chi connectivity index (χ1v) is 10.6. The maximum atomic E-state index is 12.7. The Morgan fingerprint density at radius 1 is 0.931 bits per heavy atom. The average molecular weight is 410 g/mol. The largest absolute Gasteiger partial charge is 0.348 e. The Morgan fingerprint density at radius 3 is 2.17 bits per heavy atom. The van der Waals surface area contributed by atoms with Crippen LogP contribution in [0, 0.1) is 6.92 Å². The first-order chi connectivity index (χ1) is 13.9. The third-order valence-corrected chi connectivity index (χ3v) is 6.37. The summed E-state index contributed by atoms with van der Waals surface area (Å²) in [5.74, 6) is -0.186. The number of hydrogen-bond acceptors (Lipinski definition) is 4. The lowest BCUT2D eigenvalue weighted by Crippen LogP contribution is -2.26. The zero-order valence-electron chi connectivity index (χ0n) is 16.4. The number of rotatable bonds is 7. The fraction of sp³-hybridized carbons (Fsp3) is 0.182. The van der Waals surface area contributed by atoms with Gasteiger partial charge in [-0.1, -0.05) is 29.8 Å². The molecule has 0 atom stereocenters. The van der Waals surface area contributed by atoms with E-state index in [1.165, 1.54) is 4.31 Å². The summed E-state index contributed by atoms with van der Waals surface area (Å²) >= 11 is 0. The molecule has 150 valence electrons. The predicted molar refractivity (Wildman–Crippen MR) is 112 cm³/mol. The van der Waals surface area contributed by atoms with Gasteiger partial charge in [-0.05, 0) is 54.4 Å². The fourth-order valence-corrected chi connectivity index (χ4v) is 3.94. The molecule has 0 bridgehead atoms. The second-order valence-electron chi connectivity index (χ2n) is 6.81. The van der Waals surface area contributed by atoms with Gasteiger partial charge in [-0.3, -0.25) is 9.78 Å². The zero-order chi connectivity index (χ0) is 20.9. The molecule has 1 N–H and O–H groups in total. The van der Waals surface area contributed by atoms with Crippen molar-refractivity contribution < 1.29 is 13.2 Å². The van der Waals surface area contributed by atoms with Gasteiger partial charge in [0.05, 0.1) is 4.90 Å². The highest BCUT2D eigenvalue weighted by Gasteiger charge is 2.20. The van der Waals surface area contributed by atoms with Crippen molar-refractivity contribution in [2.45, 2.75) is 24.9 Å². The van der Waals surface area contributed by atoms with Crippen molar-refractivity contribution in [3.8, 4) is 0 Å². The van der Waals surface area contributed by atoms with Crippen LogP contribution >= 0.6 is 0 Å². The van der Waals surface area contributed by atoms with Crippen LogP contribution in [-0.2, 0) is 23.1 Å². The number of hydrogen-bond donors (Lipinski definition) is 1. The second-order valence-corrected chi connectivity index (χ2v) is 8.85. The van der Waals surface area contributed by atoms with E-state index in [4.69, 9.17) is 0 Å². The van der Waals surface area contributed by atoms with E-state index < -0.39 is 10.0 Å². The second kappa shape index (κ2) is 8.98. The van der Waals surface area contributed by atoms with Gasteiger partial charge < -0.3 is 5.32 Å². The first-order valence-electron chi connectivity index (χ1n) is 9.15. The number of carbonyl (C=O) groups excluding carboxylic acids is 1. The highest BCUT2D eigenvalue weighted by molar-refractivity contribution is 7.89. The number of carbonyl (C=O) groups is 1. The molecule has 0 radical (unpaired) electrons. The molecule has 0 unspecified atom stereocenters. The van der Waals surface area contributed by atoms with Gasteiger partial charge in [0.1, 0.15) is 0 Å². The van der Waals surface area contributed by atoms with Crippen LogP contribution in [0.3, 0.4) is 0 Å². The van der Waals surface area contributed by atoms with E-state index >= 15 is 0 Å². The minimum Gasteiger partial charge on any atom is -0.348 e. The fourth-order valence-electron chi connectivity index (χ4n) is 2.78. The van der Waals surface area contributed by atoms with Crippen LogP contribution in [0.4, 0.5) is 0 Å². The number of nitrogens with zero attached hydrogens (tertiary/aromatic N) is 2. The molecule has 1 heterocycles. The Balaban J connectivity index is 1.62. The average Bonchev–Trinajstić information content (AvgIpc) is 2.73. The van der Waals surface area contributed by atoms with Gasteiger partial charge in [0.15, 0.2) is 0 Å². The summed E-state index contributed by atoms with van der Waals surface area (Å²) in [6.45, 7) is 2.55. The topological polar surface area (TPSA) is 79.4 Å². The summed E-state index contributed by atoms with van der Waals surface area (Å²) in [6, 6.07) is 17.4. The molecule has 2 aromatic carbocycles. The van der Waals surface area contributed by atoms with Crippen molar-refractivity contribution in [2.75, 3.05) is 7.05 Å². The number of benzene rings is 2. The van der Waals surface area contributed by atoms with E-state index in [1.54, 1.807) is 68.0 Å². The normalized spacial score (nSPS) is 11.4. The highest BCUT2D eigenvalue weighted by atomic mass is 32.2. The van der Waals surface area contributed by atoms with Gasteiger partial charge in [0.2, 0.25) is 10.0 Å². The van der Waals surface area contributed by atoms with Crippen molar-refractivity contribution >= 4 is 15.9 Å². The number of sulfonamides is 1. The van der Waals surface area contributed by atoms with E-state index in [0.29, 0.717) is 12.1 Å². The summed E-state index contributed by atoms with van der Waals surface area (Å²) in [7, 11) is -2.02. The number of aryl methyl sites for hydroxylation is 1. The number of pyridine rings is 1. The molecule has 1 amide bonds. The molecule has 3 aromatic rings. The predicted octanol–water partition coefficient (Wildman–Crippen LogP) is 3.14. The Bertz CT molecular complexity index is 1060. The molecular weight excluding hydrogens is 386 g/mol. The molecule has 7 heteroatoms. The van der Waals surface area contributed by atoms with Crippen molar-refractivity contribution in [1.82, 2.24) is 14.6 Å². The van der Waals surface area contributed by atoms with Crippen molar-refractivity contribution in [3.63, 3.8) is 0 Å². The first kappa shape index (κ1) is 20.7. The van der Waals surface area contributed by atoms with E-state index in [-0.39, 0.29) is 17.3 Å². The quantitative estimate of drug-likeness (QED) is 0.650. The molecule has 0 aliphatic rings. The number of amides is 1. The van der Waals surface area contributed by atoms with Crippen molar-refractivity contribution in [1.29, 1.82) is 0 Å². The van der Waals surface area contributed by atoms with Gasteiger partial charge >= 0.3 is 0 Å².